The molecule has 0 heterocycles. The van der Waals surface area contributed by atoms with Crippen LogP contribution >= 0.6 is 0 Å². The number of hydrogen-bond acceptors (Lipinski definition) is 5. The Bertz CT molecular complexity index is 532. The van der Waals surface area contributed by atoms with Gasteiger partial charge in [-0.15, -0.1) is 0 Å². The van der Waals surface area contributed by atoms with Crippen molar-refractivity contribution in [3.8, 4) is 6.07 Å². The molecule has 2 N–H and O–H groups in total. The Morgan fingerprint density at radius 2 is 2.30 bits per heavy atom. The Morgan fingerprint density at radius 1 is 1.55 bits per heavy atom. The Hall–Kier alpha value is -2.22. The Kier molecular flexibility index (Phi) is 4.46. The fourth-order valence-electron chi connectivity index (χ4n) is 2.21. The summed E-state index contributed by atoms with van der Waals surface area (Å²) < 4.78 is 4.96. The molecule has 0 bridgehead atoms. The molecule has 106 valence electrons. The highest BCUT2D eigenvalue weighted by Gasteiger charge is 2.30. The molecule has 0 atom stereocenters. The first-order valence-electron chi connectivity index (χ1n) is 6.87. The van der Waals surface area contributed by atoms with Crippen LogP contribution in [0.3, 0.4) is 0 Å². The van der Waals surface area contributed by atoms with Crippen LogP contribution in [-0.4, -0.2) is 25.2 Å². The standard InChI is InChI=1S/C15H19N3O2/c1-2-20-15(19)11-4-7-14(13(17)10-11)18(9-3-8-16)12-5-6-12/h4,7,10,12H,2-3,5-6,9,17H2,1H3. The van der Waals surface area contributed by atoms with Gasteiger partial charge in [-0.05, 0) is 38.0 Å². The molecule has 1 aromatic carbocycles. The second-order valence-corrected chi connectivity index (χ2v) is 4.83. The second kappa shape index (κ2) is 6.29. The number of rotatable bonds is 6. The Morgan fingerprint density at radius 3 is 2.85 bits per heavy atom. The average molecular weight is 273 g/mol. The lowest BCUT2D eigenvalue weighted by Gasteiger charge is -2.25. The molecule has 20 heavy (non-hydrogen) atoms. The number of carbonyl (C=O) groups is 1. The van der Waals surface area contributed by atoms with E-state index in [-0.39, 0.29) is 5.97 Å². The zero-order valence-corrected chi connectivity index (χ0v) is 11.6. The van der Waals surface area contributed by atoms with E-state index >= 15 is 0 Å². The Labute approximate surface area is 118 Å². The number of nitriles is 1. The molecule has 0 unspecified atom stereocenters. The normalized spacial score (nSPS) is 13.6. The lowest BCUT2D eigenvalue weighted by Crippen LogP contribution is -2.27. The number of anilines is 2. The number of nitrogens with two attached hydrogens (primary N) is 1. The SMILES string of the molecule is CCOC(=O)c1ccc(N(CCC#N)C2CC2)c(N)c1. The summed E-state index contributed by atoms with van der Waals surface area (Å²) in [4.78, 5) is 13.8. The predicted octanol–water partition coefficient (Wildman–Crippen LogP) is 2.33. The molecular weight excluding hydrogens is 254 g/mol. The molecule has 0 aliphatic heterocycles. The highest BCUT2D eigenvalue weighted by molar-refractivity contribution is 5.92. The molecule has 5 heteroatoms. The molecule has 0 saturated heterocycles. The fraction of sp³-hybridized carbons (Fsp3) is 0.467. The molecule has 1 saturated carbocycles. The summed E-state index contributed by atoms with van der Waals surface area (Å²) in [5.41, 5.74) is 7.98. The van der Waals surface area contributed by atoms with Crippen LogP contribution in [0.25, 0.3) is 0 Å². The zero-order valence-electron chi connectivity index (χ0n) is 11.6. The van der Waals surface area contributed by atoms with Gasteiger partial charge in [0.2, 0.25) is 0 Å². The van der Waals surface area contributed by atoms with Gasteiger partial charge in [-0.25, -0.2) is 4.79 Å². The van der Waals surface area contributed by atoms with Crippen molar-refractivity contribution in [2.75, 3.05) is 23.8 Å². The summed E-state index contributed by atoms with van der Waals surface area (Å²) in [5, 5.41) is 8.74. The number of benzene rings is 1. The highest BCUT2D eigenvalue weighted by atomic mass is 16.5. The maximum absolute atomic E-state index is 11.7. The van der Waals surface area contributed by atoms with E-state index in [1.165, 1.54) is 0 Å². The van der Waals surface area contributed by atoms with Crippen LogP contribution in [0.2, 0.25) is 0 Å². The third kappa shape index (κ3) is 3.21. The van der Waals surface area contributed by atoms with E-state index in [4.69, 9.17) is 15.7 Å². The van der Waals surface area contributed by atoms with Crippen molar-refractivity contribution < 1.29 is 9.53 Å². The van der Waals surface area contributed by atoms with Crippen LogP contribution < -0.4 is 10.6 Å². The van der Waals surface area contributed by atoms with Gasteiger partial charge >= 0.3 is 5.97 Å². The van der Waals surface area contributed by atoms with Gasteiger partial charge in [0.25, 0.3) is 0 Å². The molecule has 0 spiro atoms. The number of hydrogen-bond donors (Lipinski definition) is 1. The number of ether oxygens (including phenoxy) is 1. The molecule has 0 radical (unpaired) electrons. The molecular formula is C15H19N3O2. The molecule has 5 nitrogen and oxygen atoms in total. The van der Waals surface area contributed by atoms with Crippen LogP contribution in [0.5, 0.6) is 0 Å². The largest absolute Gasteiger partial charge is 0.462 e. The van der Waals surface area contributed by atoms with Gasteiger partial charge in [0.15, 0.2) is 0 Å². The summed E-state index contributed by atoms with van der Waals surface area (Å²) in [7, 11) is 0. The van der Waals surface area contributed by atoms with Gasteiger partial charge in [-0.2, -0.15) is 5.26 Å². The first-order chi connectivity index (χ1) is 9.67. The first kappa shape index (κ1) is 14.2. The van der Waals surface area contributed by atoms with Gasteiger partial charge in [-0.3, -0.25) is 0 Å². The first-order valence-corrected chi connectivity index (χ1v) is 6.87. The summed E-state index contributed by atoms with van der Waals surface area (Å²) in [6, 6.07) is 7.85. The van der Waals surface area contributed by atoms with Gasteiger partial charge in [0.05, 0.1) is 36.0 Å². The second-order valence-electron chi connectivity index (χ2n) is 4.83. The summed E-state index contributed by atoms with van der Waals surface area (Å²) in [6.45, 7) is 2.79. The quantitative estimate of drug-likeness (QED) is 0.635. The average Bonchev–Trinajstić information content (AvgIpc) is 3.25. The minimum atomic E-state index is -0.360. The molecule has 0 aromatic heterocycles. The monoisotopic (exact) mass is 273 g/mol. The molecule has 1 aliphatic carbocycles. The molecule has 1 aliphatic rings. The molecule has 1 fully saturated rings. The molecule has 1 aromatic rings. The van der Waals surface area contributed by atoms with E-state index in [0.717, 1.165) is 18.5 Å². The van der Waals surface area contributed by atoms with Gasteiger partial charge in [0, 0.05) is 12.6 Å². The zero-order chi connectivity index (χ0) is 14.5. The third-order valence-corrected chi connectivity index (χ3v) is 3.30. The summed E-state index contributed by atoms with van der Waals surface area (Å²) >= 11 is 0. The van der Waals surface area contributed by atoms with Gasteiger partial charge in [0.1, 0.15) is 0 Å². The van der Waals surface area contributed by atoms with Crippen molar-refractivity contribution >= 4 is 17.3 Å². The fourth-order valence-corrected chi connectivity index (χ4v) is 2.21. The lowest BCUT2D eigenvalue weighted by molar-refractivity contribution is 0.0526. The van der Waals surface area contributed by atoms with Crippen molar-refractivity contribution in [1.29, 1.82) is 5.26 Å². The minimum absolute atomic E-state index is 0.344. The van der Waals surface area contributed by atoms with Crippen molar-refractivity contribution in [3.05, 3.63) is 23.8 Å². The smallest absolute Gasteiger partial charge is 0.338 e. The van der Waals surface area contributed by atoms with E-state index in [1.807, 2.05) is 6.07 Å². The minimum Gasteiger partial charge on any atom is -0.462 e. The van der Waals surface area contributed by atoms with Crippen molar-refractivity contribution in [1.82, 2.24) is 0 Å². The van der Waals surface area contributed by atoms with E-state index in [2.05, 4.69) is 11.0 Å². The van der Waals surface area contributed by atoms with E-state index in [9.17, 15) is 4.79 Å². The van der Waals surface area contributed by atoms with E-state index < -0.39 is 0 Å². The highest BCUT2D eigenvalue weighted by Crippen LogP contribution is 2.35. The predicted molar refractivity (Wildman–Crippen MR) is 77.4 cm³/mol. The van der Waals surface area contributed by atoms with Gasteiger partial charge < -0.3 is 15.4 Å². The van der Waals surface area contributed by atoms with E-state index in [0.29, 0.717) is 36.9 Å². The molecule has 0 amide bonds. The van der Waals surface area contributed by atoms with Crippen LogP contribution in [0, 0.1) is 11.3 Å². The van der Waals surface area contributed by atoms with Crippen molar-refractivity contribution in [2.45, 2.75) is 32.2 Å². The number of nitrogen functional groups attached to an aromatic ring is 1. The molecule has 2 rings (SSSR count). The number of carbonyl (C=O) groups excluding carboxylic acids is 1. The van der Waals surface area contributed by atoms with Crippen LogP contribution in [-0.2, 0) is 4.74 Å². The van der Waals surface area contributed by atoms with Crippen LogP contribution in [0.1, 0.15) is 36.5 Å². The van der Waals surface area contributed by atoms with Crippen LogP contribution in [0.15, 0.2) is 18.2 Å². The van der Waals surface area contributed by atoms with Crippen molar-refractivity contribution in [3.63, 3.8) is 0 Å². The third-order valence-electron chi connectivity index (χ3n) is 3.30. The number of nitrogens with zero attached hydrogens (tertiary/aromatic N) is 2. The number of esters is 1. The topological polar surface area (TPSA) is 79.3 Å². The van der Waals surface area contributed by atoms with Crippen LogP contribution in [0.4, 0.5) is 11.4 Å². The summed E-state index contributed by atoms with van der Waals surface area (Å²) in [5.74, 6) is -0.360. The van der Waals surface area contributed by atoms with Crippen molar-refractivity contribution in [2.24, 2.45) is 0 Å². The van der Waals surface area contributed by atoms with Gasteiger partial charge in [-0.1, -0.05) is 0 Å². The lowest BCUT2D eigenvalue weighted by atomic mass is 10.1. The maximum Gasteiger partial charge on any atom is 0.338 e. The van der Waals surface area contributed by atoms with E-state index in [1.54, 1.807) is 19.1 Å². The Balaban J connectivity index is 2.19. The maximum atomic E-state index is 11.7. The summed E-state index contributed by atoms with van der Waals surface area (Å²) in [6.07, 6.45) is 2.73.